The summed E-state index contributed by atoms with van der Waals surface area (Å²) in [5.74, 6) is -0.593. The Morgan fingerprint density at radius 1 is 0.792 bits per heavy atom. The predicted octanol–water partition coefficient (Wildman–Crippen LogP) is -4.13. The molecular weight excluding hydrogens is 376 g/mol. The summed E-state index contributed by atoms with van der Waals surface area (Å²) in [6, 6.07) is 3.77. The van der Waals surface area contributed by atoms with Gasteiger partial charge in [0.25, 0.3) is 0 Å². The summed E-state index contributed by atoms with van der Waals surface area (Å²) in [5, 5.41) is 0. The second-order valence-corrected chi connectivity index (χ2v) is 3.95. The third-order valence-corrected chi connectivity index (χ3v) is 2.19. The van der Waals surface area contributed by atoms with Crippen LogP contribution in [0.5, 0.6) is 0 Å². The third-order valence-electron chi connectivity index (χ3n) is 2.07. The maximum absolute atomic E-state index is 11.6. The van der Waals surface area contributed by atoms with E-state index in [1.807, 2.05) is 42.1 Å². The van der Waals surface area contributed by atoms with E-state index in [0.29, 0.717) is 5.56 Å². The number of ether oxygens (including phenoxy) is 1. The topological polar surface area (TPSA) is 232 Å². The van der Waals surface area contributed by atoms with Crippen LogP contribution in [0, 0.1) is 20.8 Å². The number of esters is 1. The van der Waals surface area contributed by atoms with Crippen molar-refractivity contribution in [2.75, 3.05) is 0 Å². The number of carbonyl (C=O) groups is 2. The van der Waals surface area contributed by atoms with Gasteiger partial charge in [-0.05, 0) is 41.1 Å². The van der Waals surface area contributed by atoms with Crippen molar-refractivity contribution in [1.29, 1.82) is 0 Å². The van der Waals surface area contributed by atoms with Gasteiger partial charge < -0.3 is 37.6 Å². The summed E-state index contributed by atoms with van der Waals surface area (Å²) in [6.45, 7) is 5.60. The summed E-state index contributed by atoms with van der Waals surface area (Å²) < 4.78 is 4.52. The monoisotopic (exact) mass is 404 g/mol. The molecule has 0 aromatic heterocycles. The average Bonchev–Trinajstić information content (AvgIpc) is 1.99. The molecule has 134 valence electrons. The molecule has 0 radical (unpaired) electrons. The van der Waals surface area contributed by atoms with Gasteiger partial charge in [-0.15, -0.1) is 0 Å². The summed E-state index contributed by atoms with van der Waals surface area (Å²) in [7, 11) is 1.81. The van der Waals surface area contributed by atoms with Crippen molar-refractivity contribution in [2.45, 2.75) is 20.8 Å². The Labute approximate surface area is 209 Å². The second-order valence-electron chi connectivity index (χ2n) is 3.48. The predicted molar refractivity (Wildman–Crippen MR) is 104 cm³/mol. The van der Waals surface area contributed by atoms with Gasteiger partial charge in [0.15, 0.2) is 0 Å². The number of rotatable bonds is 1. The number of benzene rings is 1. The van der Waals surface area contributed by atoms with Gasteiger partial charge in [0.05, 0.1) is 5.56 Å². The zero-order valence-electron chi connectivity index (χ0n) is 12.0. The van der Waals surface area contributed by atoms with Gasteiger partial charge in [0.1, 0.15) is 0 Å². The van der Waals surface area contributed by atoms with Crippen LogP contribution in [0.4, 0.5) is 4.79 Å². The Morgan fingerprint density at radius 2 is 1.08 bits per heavy atom. The van der Waals surface area contributed by atoms with Crippen LogP contribution in [-0.2, 0) is 4.74 Å². The minimum absolute atomic E-state index is 0. The molecule has 0 saturated carbocycles. The fourth-order valence-electron chi connectivity index (χ4n) is 1.64. The van der Waals surface area contributed by atoms with Crippen molar-refractivity contribution in [3.05, 3.63) is 34.4 Å². The molecule has 0 aliphatic carbocycles. The molecule has 0 aliphatic rings. The van der Waals surface area contributed by atoms with Crippen LogP contribution in [0.25, 0.3) is 0 Å². The van der Waals surface area contributed by atoms with Crippen molar-refractivity contribution in [3.63, 3.8) is 0 Å². The second kappa shape index (κ2) is 26.8. The Kier molecular flexibility index (Phi) is 62.7. The first kappa shape index (κ1) is 56.2. The van der Waals surface area contributed by atoms with Gasteiger partial charge >= 0.3 is 100 Å². The van der Waals surface area contributed by atoms with E-state index in [1.54, 1.807) is 0 Å². The molecule has 0 aliphatic heterocycles. The number of hydrogen-bond acceptors (Lipinski definition) is 3. The van der Waals surface area contributed by atoms with E-state index in [4.69, 9.17) is 0 Å². The van der Waals surface area contributed by atoms with E-state index >= 15 is 0 Å². The van der Waals surface area contributed by atoms with Gasteiger partial charge in [0.2, 0.25) is 0 Å². The Balaban J connectivity index is -0.0000000357. The molecule has 0 heterocycles. The van der Waals surface area contributed by atoms with Gasteiger partial charge in [-0.3, -0.25) is 0 Å². The SMILES string of the molecule is Cc1cc(C)c(C(=O)OC(=O)P)c(C)c1.O.O.O.O.O.O.[NaH].[NaH].[NaH]. The Hall–Kier alpha value is 1.55. The fourth-order valence-corrected chi connectivity index (χ4v) is 1.75. The average molecular weight is 404 g/mol. The molecule has 1 atom stereocenters. The van der Waals surface area contributed by atoms with Crippen molar-refractivity contribution >= 4 is 110 Å². The van der Waals surface area contributed by atoms with Crippen molar-refractivity contribution < 1.29 is 47.2 Å². The molecule has 0 fully saturated rings. The fraction of sp³-hybridized carbons (Fsp3) is 0.273. The first-order valence-corrected chi connectivity index (χ1v) is 5.09. The van der Waals surface area contributed by atoms with E-state index in [-0.39, 0.29) is 122 Å². The van der Waals surface area contributed by atoms with E-state index in [1.165, 1.54) is 0 Å². The molecule has 24 heavy (non-hydrogen) atoms. The molecular formula is C11H28Na3O9P. The molecule has 0 bridgehead atoms. The summed E-state index contributed by atoms with van der Waals surface area (Å²) >= 11 is 0. The molecule has 12 N–H and O–H groups in total. The van der Waals surface area contributed by atoms with Crippen LogP contribution in [0.1, 0.15) is 27.0 Å². The molecule has 0 saturated heterocycles. The van der Waals surface area contributed by atoms with Crippen molar-refractivity contribution in [2.24, 2.45) is 0 Å². The molecule has 0 amide bonds. The number of carbonyl (C=O) groups excluding carboxylic acids is 2. The summed E-state index contributed by atoms with van der Waals surface area (Å²) in [4.78, 5) is 22.2. The maximum atomic E-state index is 11.6. The molecule has 1 aromatic carbocycles. The van der Waals surface area contributed by atoms with E-state index in [9.17, 15) is 9.59 Å². The zero-order valence-corrected chi connectivity index (χ0v) is 13.1. The van der Waals surface area contributed by atoms with Gasteiger partial charge in [0, 0.05) is 0 Å². The van der Waals surface area contributed by atoms with E-state index in [2.05, 4.69) is 4.74 Å². The Bertz CT molecular complexity index is 424. The van der Waals surface area contributed by atoms with Crippen LogP contribution in [0.15, 0.2) is 12.1 Å². The minimum atomic E-state index is -0.667. The molecule has 1 unspecified atom stereocenters. The van der Waals surface area contributed by atoms with Crippen molar-refractivity contribution in [1.82, 2.24) is 0 Å². The van der Waals surface area contributed by atoms with Crippen LogP contribution in [-0.4, -0.2) is 133 Å². The van der Waals surface area contributed by atoms with Gasteiger partial charge in [-0.1, -0.05) is 17.7 Å². The van der Waals surface area contributed by atoms with Crippen molar-refractivity contribution in [3.8, 4) is 0 Å². The Morgan fingerprint density at radius 3 is 1.33 bits per heavy atom. The van der Waals surface area contributed by atoms with Crippen LogP contribution in [0.3, 0.4) is 0 Å². The van der Waals surface area contributed by atoms with Gasteiger partial charge in [-0.2, -0.15) is 0 Å². The summed E-state index contributed by atoms with van der Waals surface area (Å²) in [5.41, 5.74) is 2.53. The molecule has 1 rings (SSSR count). The summed E-state index contributed by atoms with van der Waals surface area (Å²) in [6.07, 6.45) is 0. The van der Waals surface area contributed by atoms with Gasteiger partial charge in [-0.25, -0.2) is 9.59 Å². The molecule has 0 spiro atoms. The number of aryl methyl sites for hydroxylation is 3. The quantitative estimate of drug-likeness (QED) is 0.196. The van der Waals surface area contributed by atoms with Crippen LogP contribution >= 0.6 is 9.24 Å². The number of hydrogen-bond donors (Lipinski definition) is 0. The molecule has 1 aromatic rings. The molecule has 13 heteroatoms. The standard InChI is InChI=1S/C11H13O3P.3Na.6H2O.3H/c1-6-4-7(2)9(8(3)5-6)10(12)14-11(13)15;;;;;;;;;;;;/h4-5H,15H2,1-3H3;;;;6*1H2;;;. The van der Waals surface area contributed by atoms with Crippen LogP contribution in [0.2, 0.25) is 0 Å². The molecule has 9 nitrogen and oxygen atoms in total. The van der Waals surface area contributed by atoms with E-state index < -0.39 is 11.7 Å². The zero-order chi connectivity index (χ0) is 11.6. The third kappa shape index (κ3) is 18.3. The van der Waals surface area contributed by atoms with Crippen LogP contribution < -0.4 is 0 Å². The normalized spacial score (nSPS) is 6.17. The van der Waals surface area contributed by atoms with E-state index in [0.717, 1.165) is 16.7 Å². The first-order chi connectivity index (χ1) is 6.91. The first-order valence-electron chi connectivity index (χ1n) is 4.51.